The molecule has 37 heavy (non-hydrogen) atoms. The zero-order valence-electron chi connectivity index (χ0n) is 21.0. The molecule has 0 atom stereocenters. The summed E-state index contributed by atoms with van der Waals surface area (Å²) < 4.78 is 25.2. The highest BCUT2D eigenvalue weighted by atomic mass is 19.1. The van der Waals surface area contributed by atoms with Crippen LogP contribution >= 0.6 is 0 Å². The van der Waals surface area contributed by atoms with E-state index in [1.807, 2.05) is 66.7 Å². The lowest BCUT2D eigenvalue weighted by atomic mass is 10.0. The second-order valence-electron chi connectivity index (χ2n) is 8.60. The highest BCUT2D eigenvalue weighted by Gasteiger charge is 2.07. The predicted molar refractivity (Wildman–Crippen MR) is 146 cm³/mol. The largest absolute Gasteiger partial charge is 0.457 e. The molecule has 0 radical (unpaired) electrons. The number of hydrogen-bond donors (Lipinski definition) is 0. The van der Waals surface area contributed by atoms with Crippen LogP contribution in [0.5, 0.6) is 0 Å². The van der Waals surface area contributed by atoms with Crippen molar-refractivity contribution in [2.75, 3.05) is 0 Å². The van der Waals surface area contributed by atoms with Gasteiger partial charge in [0.2, 0.25) is 0 Å². The van der Waals surface area contributed by atoms with Crippen LogP contribution in [-0.4, -0.2) is 11.9 Å². The fourth-order valence-corrected chi connectivity index (χ4v) is 3.25. The van der Waals surface area contributed by atoms with E-state index in [2.05, 4.69) is 13.2 Å². The fraction of sp³-hybridized carbons (Fsp3) is 0.125. The average molecular weight is 497 g/mol. The molecule has 0 aliphatic heterocycles. The second kappa shape index (κ2) is 13.0. The maximum atomic E-state index is 14.8. The Hall–Kier alpha value is -4.51. The number of rotatable bonds is 10. The summed E-state index contributed by atoms with van der Waals surface area (Å²) in [5.74, 6) is -1.22. The Kier molecular flexibility index (Phi) is 9.50. The third-order valence-corrected chi connectivity index (χ3v) is 5.40. The van der Waals surface area contributed by atoms with E-state index in [9.17, 15) is 14.0 Å². The quantitative estimate of drug-likeness (QED) is 0.167. The topological polar surface area (TPSA) is 52.6 Å². The van der Waals surface area contributed by atoms with E-state index in [-0.39, 0.29) is 19.0 Å². The van der Waals surface area contributed by atoms with Crippen molar-refractivity contribution in [2.24, 2.45) is 0 Å². The molecule has 188 valence electrons. The summed E-state index contributed by atoms with van der Waals surface area (Å²) in [5, 5.41) is 0. The molecule has 0 saturated heterocycles. The van der Waals surface area contributed by atoms with Gasteiger partial charge in [-0.05, 0) is 47.7 Å². The van der Waals surface area contributed by atoms with Crippen molar-refractivity contribution >= 4 is 36.2 Å². The Balaban J connectivity index is 1.64. The first kappa shape index (κ1) is 27.1. The molecule has 0 fully saturated rings. The molecule has 0 spiro atoms. The first-order valence-corrected chi connectivity index (χ1v) is 11.7. The standard InChI is InChI=1S/C32H29FO4/c1-22(2)31(34)36-20-26-13-10-24(11-14-26)9-12-25-15-16-28(30(33)19-25)18-17-27-7-5-6-8-29(27)21-37-32(35)23(3)4/h5-19H,1,3,20-21H2,2,4H3/b12-9+,18-17+. The van der Waals surface area contributed by atoms with Crippen LogP contribution in [-0.2, 0) is 32.3 Å². The Morgan fingerprint density at radius 3 is 1.95 bits per heavy atom. The monoisotopic (exact) mass is 496 g/mol. The molecule has 0 aromatic heterocycles. The van der Waals surface area contributed by atoms with E-state index in [0.29, 0.717) is 16.7 Å². The van der Waals surface area contributed by atoms with Gasteiger partial charge in [-0.1, -0.05) is 98.1 Å². The molecule has 0 saturated carbocycles. The minimum atomic E-state index is -0.450. The molecule has 0 heterocycles. The molecule has 0 aliphatic carbocycles. The summed E-state index contributed by atoms with van der Waals surface area (Å²) in [6.07, 6.45) is 7.21. The number of benzene rings is 3. The van der Waals surface area contributed by atoms with E-state index in [1.165, 1.54) is 6.07 Å². The van der Waals surface area contributed by atoms with E-state index in [0.717, 1.165) is 27.8 Å². The van der Waals surface area contributed by atoms with Crippen molar-refractivity contribution in [2.45, 2.75) is 27.1 Å². The Labute approximate surface area is 217 Å². The summed E-state index contributed by atoms with van der Waals surface area (Å²) >= 11 is 0. The normalized spacial score (nSPS) is 11.0. The van der Waals surface area contributed by atoms with Gasteiger partial charge in [-0.15, -0.1) is 0 Å². The third kappa shape index (κ3) is 8.29. The van der Waals surface area contributed by atoms with Gasteiger partial charge in [0.05, 0.1) is 0 Å². The van der Waals surface area contributed by atoms with Gasteiger partial charge >= 0.3 is 11.9 Å². The molecular formula is C32H29FO4. The van der Waals surface area contributed by atoms with Crippen molar-refractivity contribution in [3.05, 3.63) is 130 Å². The van der Waals surface area contributed by atoms with E-state index >= 15 is 0 Å². The van der Waals surface area contributed by atoms with Crippen LogP contribution in [0.4, 0.5) is 4.39 Å². The maximum Gasteiger partial charge on any atom is 0.333 e. The van der Waals surface area contributed by atoms with Crippen molar-refractivity contribution in [1.82, 2.24) is 0 Å². The molecular weight excluding hydrogens is 467 g/mol. The van der Waals surface area contributed by atoms with Crippen LogP contribution in [0.3, 0.4) is 0 Å². The Morgan fingerprint density at radius 2 is 1.30 bits per heavy atom. The van der Waals surface area contributed by atoms with Gasteiger partial charge in [-0.2, -0.15) is 0 Å². The number of ether oxygens (including phenoxy) is 2. The summed E-state index contributed by atoms with van der Waals surface area (Å²) in [7, 11) is 0. The number of halogens is 1. The van der Waals surface area contributed by atoms with Gasteiger partial charge in [0.25, 0.3) is 0 Å². The molecule has 0 aliphatic rings. The first-order valence-electron chi connectivity index (χ1n) is 11.7. The lowest BCUT2D eigenvalue weighted by molar-refractivity contribution is -0.141. The van der Waals surface area contributed by atoms with Gasteiger partial charge in [0.1, 0.15) is 19.0 Å². The number of carbonyl (C=O) groups excluding carboxylic acids is 2. The molecule has 3 aromatic rings. The van der Waals surface area contributed by atoms with Gasteiger partial charge in [-0.25, -0.2) is 14.0 Å². The summed E-state index contributed by atoms with van der Waals surface area (Å²) in [6, 6.07) is 20.0. The molecule has 3 rings (SSSR count). The Bertz CT molecular complexity index is 1360. The van der Waals surface area contributed by atoms with Crippen LogP contribution in [0.25, 0.3) is 24.3 Å². The smallest absolute Gasteiger partial charge is 0.333 e. The number of esters is 2. The van der Waals surface area contributed by atoms with Gasteiger partial charge in [0, 0.05) is 16.7 Å². The van der Waals surface area contributed by atoms with Gasteiger partial charge < -0.3 is 9.47 Å². The lowest BCUT2D eigenvalue weighted by Gasteiger charge is -2.08. The number of hydrogen-bond acceptors (Lipinski definition) is 4. The van der Waals surface area contributed by atoms with E-state index < -0.39 is 11.9 Å². The summed E-state index contributed by atoms with van der Waals surface area (Å²) in [6.45, 7) is 10.6. The summed E-state index contributed by atoms with van der Waals surface area (Å²) in [4.78, 5) is 23.2. The predicted octanol–water partition coefficient (Wildman–Crippen LogP) is 7.41. The van der Waals surface area contributed by atoms with Crippen molar-refractivity contribution in [3.8, 4) is 0 Å². The van der Waals surface area contributed by atoms with Crippen molar-refractivity contribution in [3.63, 3.8) is 0 Å². The third-order valence-electron chi connectivity index (χ3n) is 5.40. The maximum absolute atomic E-state index is 14.8. The highest BCUT2D eigenvalue weighted by Crippen LogP contribution is 2.19. The van der Waals surface area contributed by atoms with Crippen LogP contribution in [0.15, 0.2) is 91.0 Å². The number of carbonyl (C=O) groups is 2. The zero-order valence-corrected chi connectivity index (χ0v) is 21.0. The SMILES string of the molecule is C=C(C)C(=O)OCc1ccc(/C=C/c2ccc(/C=C/c3ccccc3COC(=O)C(=C)C)c(F)c2)cc1. The minimum Gasteiger partial charge on any atom is -0.457 e. The van der Waals surface area contributed by atoms with Crippen LogP contribution in [0.1, 0.15) is 47.2 Å². The average Bonchev–Trinajstić information content (AvgIpc) is 2.89. The second-order valence-corrected chi connectivity index (χ2v) is 8.60. The van der Waals surface area contributed by atoms with Gasteiger partial charge in [0.15, 0.2) is 0 Å². The Morgan fingerprint density at radius 1 is 0.730 bits per heavy atom. The molecule has 0 unspecified atom stereocenters. The van der Waals surface area contributed by atoms with Crippen LogP contribution in [0.2, 0.25) is 0 Å². The summed E-state index contributed by atoms with van der Waals surface area (Å²) in [5.41, 5.74) is 5.31. The molecule has 5 heteroatoms. The fourth-order valence-electron chi connectivity index (χ4n) is 3.25. The zero-order chi connectivity index (χ0) is 26.8. The van der Waals surface area contributed by atoms with Crippen molar-refractivity contribution in [1.29, 1.82) is 0 Å². The van der Waals surface area contributed by atoms with Crippen molar-refractivity contribution < 1.29 is 23.5 Å². The molecule has 0 N–H and O–H groups in total. The molecule has 3 aromatic carbocycles. The molecule has 4 nitrogen and oxygen atoms in total. The van der Waals surface area contributed by atoms with Crippen LogP contribution < -0.4 is 0 Å². The van der Waals surface area contributed by atoms with E-state index in [1.54, 1.807) is 32.1 Å². The van der Waals surface area contributed by atoms with Crippen LogP contribution in [0, 0.1) is 5.82 Å². The van der Waals surface area contributed by atoms with Gasteiger partial charge in [-0.3, -0.25) is 0 Å². The first-order chi connectivity index (χ1) is 17.7. The molecule has 0 bridgehead atoms. The molecule has 0 amide bonds. The lowest BCUT2D eigenvalue weighted by Crippen LogP contribution is -2.05. The van der Waals surface area contributed by atoms with E-state index in [4.69, 9.17) is 9.47 Å². The minimum absolute atomic E-state index is 0.110. The highest BCUT2D eigenvalue weighted by molar-refractivity contribution is 5.87.